The third kappa shape index (κ3) is 6.60. The third-order valence-corrected chi connectivity index (χ3v) is 10.6. The predicted octanol–water partition coefficient (Wildman–Crippen LogP) is 4.71. The number of aromatic amines is 1. The van der Waals surface area contributed by atoms with Gasteiger partial charge in [-0.1, -0.05) is 75.7 Å². The Kier molecular flexibility index (Phi) is 9.06. The van der Waals surface area contributed by atoms with Gasteiger partial charge >= 0.3 is 7.12 Å². The zero-order valence-electron chi connectivity index (χ0n) is 28.1. The number of rotatable bonds is 11. The van der Waals surface area contributed by atoms with Crippen molar-refractivity contribution < 1.29 is 23.7 Å². The highest BCUT2D eigenvalue weighted by atomic mass is 16.7. The minimum atomic E-state index is -1.08. The van der Waals surface area contributed by atoms with Crippen LogP contribution in [0.3, 0.4) is 0 Å². The van der Waals surface area contributed by atoms with Gasteiger partial charge in [-0.25, -0.2) is 0 Å². The van der Waals surface area contributed by atoms with Crippen LogP contribution in [0.15, 0.2) is 60.7 Å². The van der Waals surface area contributed by atoms with Crippen LogP contribution >= 0.6 is 0 Å². The molecule has 4 N–H and O–H groups in total. The molecule has 0 spiro atoms. The highest BCUT2D eigenvalue weighted by molar-refractivity contribution is 6.48. The van der Waals surface area contributed by atoms with E-state index >= 15 is 0 Å². The smallest absolute Gasteiger partial charge is 0.404 e. The van der Waals surface area contributed by atoms with E-state index in [4.69, 9.17) is 9.31 Å². The summed E-state index contributed by atoms with van der Waals surface area (Å²) in [5.74, 6) is -0.514. The molecule has 4 aliphatic rings. The summed E-state index contributed by atoms with van der Waals surface area (Å²) >= 11 is 0. The molecule has 3 amide bonds. The number of carbonyl (C=O) groups excluding carboxylic acids is 3. The Morgan fingerprint density at radius 3 is 2.40 bits per heavy atom. The number of hydrogen-bond donors (Lipinski definition) is 4. The normalized spacial score (nSPS) is 25.3. The van der Waals surface area contributed by atoms with E-state index in [0.29, 0.717) is 29.5 Å². The number of aromatic nitrogens is 2. The molecule has 1 aliphatic heterocycles. The average molecular weight is 640 g/mol. The Morgan fingerprint density at radius 2 is 1.72 bits per heavy atom. The molecule has 0 radical (unpaired) electrons. The maximum atomic E-state index is 14.0. The molecular weight excluding hydrogens is 593 g/mol. The summed E-state index contributed by atoms with van der Waals surface area (Å²) in [7, 11) is -0.619. The van der Waals surface area contributed by atoms with Gasteiger partial charge in [-0.3, -0.25) is 19.5 Å². The highest BCUT2D eigenvalue weighted by Gasteiger charge is 2.68. The SMILES string of the molecule is Cc1ccc(C(=O)NC[C@H](NC(=O)c2cc(-c3ccccc3)n[nH]2)C(=O)N[C@@H](CC(C)C)B2O[C@@H]3C[C@H]4C[C@H](C4(C)C)[C@]3(C)O2)cc1. The fraction of sp³-hybridized carbons (Fsp3) is 0.500. The summed E-state index contributed by atoms with van der Waals surface area (Å²) in [6, 6.07) is 17.2. The Balaban J connectivity index is 1.19. The Morgan fingerprint density at radius 1 is 1.00 bits per heavy atom. The first-order valence-corrected chi connectivity index (χ1v) is 16.8. The van der Waals surface area contributed by atoms with Crippen molar-refractivity contribution in [2.45, 2.75) is 84.5 Å². The lowest BCUT2D eigenvalue weighted by Crippen LogP contribution is -2.65. The van der Waals surface area contributed by atoms with Gasteiger partial charge in [0.05, 0.1) is 23.3 Å². The van der Waals surface area contributed by atoms with E-state index in [1.54, 1.807) is 18.2 Å². The van der Waals surface area contributed by atoms with E-state index in [1.165, 1.54) is 0 Å². The summed E-state index contributed by atoms with van der Waals surface area (Å²) in [6.07, 6.45) is 2.66. The fourth-order valence-corrected chi connectivity index (χ4v) is 7.74. The second-order valence-electron chi connectivity index (χ2n) is 14.7. The zero-order valence-corrected chi connectivity index (χ0v) is 28.1. The second kappa shape index (κ2) is 12.9. The molecule has 2 bridgehead atoms. The van der Waals surface area contributed by atoms with Crippen LogP contribution in [0.25, 0.3) is 11.3 Å². The van der Waals surface area contributed by atoms with Gasteiger partial charge < -0.3 is 25.3 Å². The van der Waals surface area contributed by atoms with Crippen LogP contribution < -0.4 is 16.0 Å². The van der Waals surface area contributed by atoms with Gasteiger partial charge in [-0.15, -0.1) is 0 Å². The number of nitrogens with one attached hydrogen (secondary N) is 4. The predicted molar refractivity (Wildman–Crippen MR) is 180 cm³/mol. The van der Waals surface area contributed by atoms with Crippen molar-refractivity contribution in [2.24, 2.45) is 23.2 Å². The first-order valence-electron chi connectivity index (χ1n) is 16.8. The van der Waals surface area contributed by atoms with Crippen LogP contribution in [-0.4, -0.2) is 65.3 Å². The Labute approximate surface area is 277 Å². The number of carbonyl (C=O) groups is 3. The minimum absolute atomic E-state index is 0.0284. The van der Waals surface area contributed by atoms with Gasteiger partial charge in [0.25, 0.3) is 11.8 Å². The van der Waals surface area contributed by atoms with Crippen LogP contribution in [-0.2, 0) is 14.1 Å². The Hall–Kier alpha value is -3.96. The molecule has 6 atom stereocenters. The third-order valence-electron chi connectivity index (χ3n) is 10.6. The van der Waals surface area contributed by atoms with Gasteiger partial charge in [-0.2, -0.15) is 5.10 Å². The lowest BCUT2D eigenvalue weighted by atomic mass is 9.43. The van der Waals surface area contributed by atoms with Gasteiger partial charge in [0.2, 0.25) is 5.91 Å². The molecule has 47 heavy (non-hydrogen) atoms. The number of hydrogen-bond acceptors (Lipinski definition) is 6. The van der Waals surface area contributed by atoms with Crippen molar-refractivity contribution in [1.82, 2.24) is 26.1 Å². The molecule has 3 saturated carbocycles. The number of amides is 3. The number of H-pyrrole nitrogens is 1. The van der Waals surface area contributed by atoms with Crippen LogP contribution in [0.1, 0.15) is 80.3 Å². The van der Waals surface area contributed by atoms with Gasteiger partial charge in [0, 0.05) is 17.7 Å². The van der Waals surface area contributed by atoms with E-state index in [2.05, 4.69) is 60.8 Å². The first-order chi connectivity index (χ1) is 22.3. The fourth-order valence-electron chi connectivity index (χ4n) is 7.74. The molecule has 248 valence electrons. The Bertz CT molecular complexity index is 1610. The van der Waals surface area contributed by atoms with E-state index in [1.807, 2.05) is 49.4 Å². The van der Waals surface area contributed by atoms with Gasteiger partial charge in [-0.05, 0) is 74.5 Å². The van der Waals surface area contributed by atoms with Crippen molar-refractivity contribution in [3.63, 3.8) is 0 Å². The van der Waals surface area contributed by atoms with Crippen LogP contribution in [0.5, 0.6) is 0 Å². The molecule has 0 unspecified atom stereocenters. The van der Waals surface area contributed by atoms with Gasteiger partial charge in [0.15, 0.2) is 0 Å². The zero-order chi connectivity index (χ0) is 33.5. The number of nitrogens with zero attached hydrogens (tertiary/aromatic N) is 1. The van der Waals surface area contributed by atoms with Gasteiger partial charge in [0.1, 0.15) is 11.7 Å². The molecular formula is C36H46BN5O5. The minimum Gasteiger partial charge on any atom is -0.404 e. The summed E-state index contributed by atoms with van der Waals surface area (Å²) in [5, 5.41) is 15.9. The molecule has 1 aromatic heterocycles. The molecule has 2 aromatic carbocycles. The van der Waals surface area contributed by atoms with Crippen molar-refractivity contribution in [3.8, 4) is 11.3 Å². The number of benzene rings is 2. The van der Waals surface area contributed by atoms with E-state index in [9.17, 15) is 14.4 Å². The monoisotopic (exact) mass is 639 g/mol. The molecule has 10 nitrogen and oxygen atoms in total. The molecule has 2 heterocycles. The van der Waals surface area contributed by atoms with Crippen molar-refractivity contribution in [3.05, 3.63) is 77.5 Å². The van der Waals surface area contributed by atoms with Crippen LogP contribution in [0.4, 0.5) is 0 Å². The van der Waals surface area contributed by atoms with Crippen molar-refractivity contribution in [1.29, 1.82) is 0 Å². The maximum absolute atomic E-state index is 14.0. The molecule has 3 aromatic rings. The van der Waals surface area contributed by atoms with E-state index in [0.717, 1.165) is 24.0 Å². The highest BCUT2D eigenvalue weighted by Crippen LogP contribution is 2.65. The summed E-state index contributed by atoms with van der Waals surface area (Å²) in [5.41, 5.74) is 2.92. The quantitative estimate of drug-likeness (QED) is 0.225. The maximum Gasteiger partial charge on any atom is 0.481 e. The number of aryl methyl sites for hydroxylation is 1. The molecule has 4 fully saturated rings. The van der Waals surface area contributed by atoms with Crippen LogP contribution in [0.2, 0.25) is 0 Å². The van der Waals surface area contributed by atoms with E-state index in [-0.39, 0.29) is 35.6 Å². The largest absolute Gasteiger partial charge is 0.481 e. The summed E-state index contributed by atoms with van der Waals surface area (Å²) in [4.78, 5) is 40.5. The lowest BCUT2D eigenvalue weighted by Gasteiger charge is -2.64. The molecule has 3 aliphatic carbocycles. The van der Waals surface area contributed by atoms with E-state index < -0.39 is 36.5 Å². The lowest BCUT2D eigenvalue weighted by molar-refractivity contribution is -0.199. The van der Waals surface area contributed by atoms with Crippen LogP contribution in [0, 0.1) is 30.1 Å². The topological polar surface area (TPSA) is 134 Å². The van der Waals surface area contributed by atoms with Crippen molar-refractivity contribution >= 4 is 24.8 Å². The average Bonchev–Trinajstić information content (AvgIpc) is 3.68. The molecule has 11 heteroatoms. The summed E-state index contributed by atoms with van der Waals surface area (Å²) < 4.78 is 13.3. The standard InChI is InChI=1S/C36H46BN5O5/c1-21(2)16-31(37-46-30-18-25-17-29(35(25,4)5)36(30,6)47-37)40-34(45)28(20-38-32(43)24-14-12-22(3)13-15-24)39-33(44)27-19-26(41-42-27)23-10-8-7-9-11-23/h7-15,19,21,25,28-31H,16-18,20H2,1-6H3,(H,38,43)(H,39,44)(H,40,45)(H,41,42)/t25-,28+,29-,30-,31+,36+/m1/s1. The first kappa shape index (κ1) is 33.0. The molecule has 1 saturated heterocycles. The van der Waals surface area contributed by atoms with Crippen molar-refractivity contribution in [2.75, 3.05) is 6.54 Å². The summed E-state index contributed by atoms with van der Waals surface area (Å²) in [6.45, 7) is 12.8. The second-order valence-corrected chi connectivity index (χ2v) is 14.7. The molecule has 7 rings (SSSR count).